The lowest BCUT2D eigenvalue weighted by molar-refractivity contribution is -0.143. The fourth-order valence-electron chi connectivity index (χ4n) is 15.2. The summed E-state index contributed by atoms with van der Waals surface area (Å²) in [6, 6.07) is -0.541. The SMILES string of the molecule is CCCCCCCCCCCCCCCCCCCCCCCCCCCC(O)C(CO)NC(=O)CCCCCCCCCCCCCCCCCCC/C=C\C/C=C\CCCCCCCCCCCCCCCCCOC(=O)CCCCCCCCCCCCCCCCCCCCC. The molecular formula is C94H183NO5. The molecule has 0 heterocycles. The molecule has 6 heteroatoms. The Balaban J connectivity index is 3.34. The first-order valence-electron chi connectivity index (χ1n) is 46.6. The third-order valence-electron chi connectivity index (χ3n) is 22.3. The first-order valence-corrected chi connectivity index (χ1v) is 46.6. The van der Waals surface area contributed by atoms with Crippen LogP contribution in [0, 0.1) is 0 Å². The van der Waals surface area contributed by atoms with Crippen molar-refractivity contribution in [3.8, 4) is 0 Å². The van der Waals surface area contributed by atoms with Crippen LogP contribution in [-0.4, -0.2) is 47.4 Å². The topological polar surface area (TPSA) is 95.9 Å². The number of esters is 1. The second kappa shape index (κ2) is 89.7. The van der Waals surface area contributed by atoms with Gasteiger partial charge in [-0.05, 0) is 57.8 Å². The number of allylic oxidation sites excluding steroid dienone is 4. The molecule has 2 atom stereocenters. The van der Waals surface area contributed by atoms with Crippen molar-refractivity contribution in [2.75, 3.05) is 13.2 Å². The Morgan fingerprint density at radius 3 is 0.760 bits per heavy atom. The summed E-state index contributed by atoms with van der Waals surface area (Å²) < 4.78 is 5.53. The molecule has 0 rings (SSSR count). The lowest BCUT2D eigenvalue weighted by Gasteiger charge is -2.22. The monoisotopic (exact) mass is 1410 g/mol. The molecule has 0 aliphatic carbocycles. The minimum atomic E-state index is -0.664. The molecule has 1 amide bonds. The number of amides is 1. The first-order chi connectivity index (χ1) is 49.5. The molecule has 0 bridgehead atoms. The molecular weight excluding hydrogens is 1220 g/mol. The molecule has 0 aromatic carbocycles. The van der Waals surface area contributed by atoms with Crippen molar-refractivity contribution >= 4 is 11.9 Å². The highest BCUT2D eigenvalue weighted by molar-refractivity contribution is 5.76. The zero-order valence-corrected chi connectivity index (χ0v) is 68.5. The second-order valence-corrected chi connectivity index (χ2v) is 32.4. The van der Waals surface area contributed by atoms with Gasteiger partial charge in [-0.3, -0.25) is 9.59 Å². The molecule has 3 N–H and O–H groups in total. The molecule has 6 nitrogen and oxygen atoms in total. The number of nitrogens with one attached hydrogen (secondary N) is 1. The quantitative estimate of drug-likeness (QED) is 0.0320. The Bertz CT molecular complexity index is 1580. The third kappa shape index (κ3) is 85.3. The van der Waals surface area contributed by atoms with Crippen LogP contribution in [-0.2, 0) is 14.3 Å². The van der Waals surface area contributed by atoms with Gasteiger partial charge in [0.2, 0.25) is 5.91 Å². The Morgan fingerprint density at radius 1 is 0.280 bits per heavy atom. The van der Waals surface area contributed by atoms with E-state index < -0.39 is 12.1 Å². The molecule has 0 radical (unpaired) electrons. The van der Waals surface area contributed by atoms with Crippen LogP contribution in [0.1, 0.15) is 540 Å². The average Bonchev–Trinajstić information content (AvgIpc) is 1.25. The van der Waals surface area contributed by atoms with E-state index in [1.807, 2.05) is 0 Å². The standard InChI is InChI=1S/C94H183NO5/c1-3-5-7-9-11-13-15-17-19-21-23-24-25-41-44-47-51-54-58-62-66-70-74-78-82-86-92(97)91(90-96)95-93(98)87-83-79-75-71-67-63-59-55-52-48-45-42-39-37-35-33-31-29-27-26-28-30-32-34-36-38-40-43-46-49-53-57-61-65-69-73-77-81-85-89-100-94(99)88-84-80-76-72-68-64-60-56-50-22-20-18-16-14-12-10-8-6-4-2/h26-27,30,32,91-92,96-97H,3-25,28-29,31,33-90H2,1-2H3,(H,95,98)/b27-26-,32-30-. The van der Waals surface area contributed by atoms with Crippen molar-refractivity contribution < 1.29 is 24.5 Å². The number of ether oxygens (including phenoxy) is 1. The van der Waals surface area contributed by atoms with E-state index in [2.05, 4.69) is 43.5 Å². The molecule has 0 spiro atoms. The number of aliphatic hydroxyl groups is 2. The van der Waals surface area contributed by atoms with E-state index in [4.69, 9.17) is 4.74 Å². The summed E-state index contributed by atoms with van der Waals surface area (Å²) in [6.45, 7) is 5.03. The Morgan fingerprint density at radius 2 is 0.500 bits per heavy atom. The van der Waals surface area contributed by atoms with E-state index in [1.54, 1.807) is 0 Å². The fourth-order valence-corrected chi connectivity index (χ4v) is 15.2. The minimum absolute atomic E-state index is 0.0251. The van der Waals surface area contributed by atoms with Gasteiger partial charge < -0.3 is 20.3 Å². The number of hydrogen-bond donors (Lipinski definition) is 3. The number of carbonyl (C=O) groups excluding carboxylic acids is 2. The van der Waals surface area contributed by atoms with Crippen LogP contribution in [0.25, 0.3) is 0 Å². The molecule has 0 saturated heterocycles. The van der Waals surface area contributed by atoms with E-state index >= 15 is 0 Å². The number of aliphatic hydroxyl groups excluding tert-OH is 2. The van der Waals surface area contributed by atoms with Crippen LogP contribution in [0.15, 0.2) is 24.3 Å². The summed E-state index contributed by atoms with van der Waals surface area (Å²) in [5, 5.41) is 23.5. The molecule has 0 fully saturated rings. The number of hydrogen-bond acceptors (Lipinski definition) is 5. The maximum Gasteiger partial charge on any atom is 0.305 e. The minimum Gasteiger partial charge on any atom is -0.466 e. The van der Waals surface area contributed by atoms with E-state index in [1.165, 1.54) is 462 Å². The predicted octanol–water partition coefficient (Wildman–Crippen LogP) is 31.5. The van der Waals surface area contributed by atoms with Crippen molar-refractivity contribution in [3.05, 3.63) is 24.3 Å². The third-order valence-corrected chi connectivity index (χ3v) is 22.3. The van der Waals surface area contributed by atoms with Gasteiger partial charge in [0.25, 0.3) is 0 Å². The Labute approximate surface area is 628 Å². The van der Waals surface area contributed by atoms with E-state index in [9.17, 15) is 19.8 Å². The lowest BCUT2D eigenvalue weighted by Crippen LogP contribution is -2.45. The summed E-state index contributed by atoms with van der Waals surface area (Å²) in [5.74, 6) is 0.00149. The highest BCUT2D eigenvalue weighted by Gasteiger charge is 2.20. The fraction of sp³-hybridized carbons (Fsp3) is 0.936. The van der Waals surface area contributed by atoms with Crippen LogP contribution in [0.2, 0.25) is 0 Å². The molecule has 100 heavy (non-hydrogen) atoms. The predicted molar refractivity (Wildman–Crippen MR) is 444 cm³/mol. The van der Waals surface area contributed by atoms with Gasteiger partial charge in [-0.15, -0.1) is 0 Å². The Kier molecular flexibility index (Phi) is 88.2. The van der Waals surface area contributed by atoms with Gasteiger partial charge in [-0.2, -0.15) is 0 Å². The zero-order valence-electron chi connectivity index (χ0n) is 68.5. The molecule has 0 aromatic heterocycles. The summed E-state index contributed by atoms with van der Waals surface area (Å²) in [7, 11) is 0. The van der Waals surface area contributed by atoms with Crippen molar-refractivity contribution in [2.45, 2.75) is 553 Å². The number of carbonyl (C=O) groups is 2. The number of unbranched alkanes of at least 4 members (excludes halogenated alkanes) is 74. The molecule has 0 aromatic rings. The van der Waals surface area contributed by atoms with Gasteiger partial charge in [-0.1, -0.05) is 494 Å². The normalized spacial score (nSPS) is 12.5. The van der Waals surface area contributed by atoms with Crippen LogP contribution in [0.4, 0.5) is 0 Å². The Hall–Kier alpha value is -1.66. The van der Waals surface area contributed by atoms with Crippen molar-refractivity contribution in [3.63, 3.8) is 0 Å². The second-order valence-electron chi connectivity index (χ2n) is 32.4. The van der Waals surface area contributed by atoms with E-state index in [-0.39, 0.29) is 18.5 Å². The molecule has 594 valence electrons. The van der Waals surface area contributed by atoms with Crippen LogP contribution in [0.3, 0.4) is 0 Å². The largest absolute Gasteiger partial charge is 0.466 e. The van der Waals surface area contributed by atoms with Gasteiger partial charge >= 0.3 is 5.97 Å². The summed E-state index contributed by atoms with van der Waals surface area (Å²) in [4.78, 5) is 24.7. The van der Waals surface area contributed by atoms with Gasteiger partial charge in [0, 0.05) is 12.8 Å². The summed E-state index contributed by atoms with van der Waals surface area (Å²) in [5.41, 5.74) is 0. The van der Waals surface area contributed by atoms with E-state index in [0.29, 0.717) is 25.9 Å². The van der Waals surface area contributed by atoms with E-state index in [0.717, 1.165) is 44.9 Å². The molecule has 0 aliphatic heterocycles. The van der Waals surface area contributed by atoms with Crippen molar-refractivity contribution in [2.24, 2.45) is 0 Å². The highest BCUT2D eigenvalue weighted by Crippen LogP contribution is 2.22. The molecule has 0 aliphatic rings. The maximum atomic E-state index is 12.6. The van der Waals surface area contributed by atoms with Crippen molar-refractivity contribution in [1.82, 2.24) is 5.32 Å². The van der Waals surface area contributed by atoms with Crippen LogP contribution >= 0.6 is 0 Å². The average molecular weight is 1410 g/mol. The van der Waals surface area contributed by atoms with Gasteiger partial charge in [-0.25, -0.2) is 0 Å². The van der Waals surface area contributed by atoms with Gasteiger partial charge in [0.1, 0.15) is 0 Å². The van der Waals surface area contributed by atoms with Crippen LogP contribution < -0.4 is 5.32 Å². The van der Waals surface area contributed by atoms with Crippen LogP contribution in [0.5, 0.6) is 0 Å². The zero-order chi connectivity index (χ0) is 71.9. The van der Waals surface area contributed by atoms with Gasteiger partial charge in [0.05, 0.1) is 25.4 Å². The van der Waals surface area contributed by atoms with Gasteiger partial charge in [0.15, 0.2) is 0 Å². The molecule has 2 unspecified atom stereocenters. The van der Waals surface area contributed by atoms with Crippen molar-refractivity contribution in [1.29, 1.82) is 0 Å². The summed E-state index contributed by atoms with van der Waals surface area (Å²) in [6.07, 6.45) is 118. The summed E-state index contributed by atoms with van der Waals surface area (Å²) >= 11 is 0. The smallest absolute Gasteiger partial charge is 0.305 e. The number of rotatable bonds is 89. The maximum absolute atomic E-state index is 12.6. The lowest BCUT2D eigenvalue weighted by atomic mass is 10.0. The highest BCUT2D eigenvalue weighted by atomic mass is 16.5. The first kappa shape index (κ1) is 98.3. The molecule has 0 saturated carbocycles.